The third-order valence-corrected chi connectivity index (χ3v) is 0. The maximum atomic E-state index is 8.50. The zero-order valence-corrected chi connectivity index (χ0v) is 6.19. The SMILES string of the molecule is O=[Si]=O.[H-].[Li+].[O]=[Ti]=[O]. The van der Waals surface area contributed by atoms with Crippen molar-refractivity contribution in [1.82, 2.24) is 0 Å². The molecule has 0 aliphatic heterocycles. The van der Waals surface area contributed by atoms with Crippen molar-refractivity contribution < 1.29 is 55.0 Å². The quantitative estimate of drug-likeness (QED) is 0.331. The molecule has 0 N–H and O–H groups in total. The summed E-state index contributed by atoms with van der Waals surface area (Å²) in [5.41, 5.74) is 0. The van der Waals surface area contributed by atoms with Gasteiger partial charge in [-0.1, -0.05) is 0 Å². The summed E-state index contributed by atoms with van der Waals surface area (Å²) in [6, 6.07) is 0. The first-order valence-electron chi connectivity index (χ1n) is 0.816. The van der Waals surface area contributed by atoms with Crippen LogP contribution in [-0.4, -0.2) is 9.29 Å². The van der Waals surface area contributed by atoms with Gasteiger partial charge in [-0.2, -0.15) is 0 Å². The molecule has 0 saturated carbocycles. The van der Waals surface area contributed by atoms with E-state index in [2.05, 4.69) is 0 Å². The van der Waals surface area contributed by atoms with Gasteiger partial charge in [0.15, 0.2) is 0 Å². The summed E-state index contributed by atoms with van der Waals surface area (Å²) >= 11 is -2.00. The maximum absolute atomic E-state index is 8.50. The Bertz CT molecular complexity index is 70.0. The Morgan fingerprint density at radius 3 is 1.29 bits per heavy atom. The van der Waals surface area contributed by atoms with E-state index in [1.165, 1.54) is 0 Å². The van der Waals surface area contributed by atoms with Crippen molar-refractivity contribution in [3.05, 3.63) is 0 Å². The van der Waals surface area contributed by atoms with Crippen molar-refractivity contribution in [1.29, 1.82) is 0 Å². The van der Waals surface area contributed by atoms with Crippen LogP contribution in [0.25, 0.3) is 0 Å². The Labute approximate surface area is 64.2 Å². The predicted octanol–water partition coefficient (Wildman–Crippen LogP) is -3.74. The topological polar surface area (TPSA) is 68.3 Å². The molecule has 34 valence electrons. The van der Waals surface area contributed by atoms with Gasteiger partial charge in [0.2, 0.25) is 0 Å². The second kappa shape index (κ2) is 29.7. The summed E-state index contributed by atoms with van der Waals surface area (Å²) in [6.07, 6.45) is 0. The van der Waals surface area contributed by atoms with E-state index in [0.29, 0.717) is 0 Å². The second-order valence-electron chi connectivity index (χ2n) is 0.167. The molecular formula is HLiO4SiTi. The van der Waals surface area contributed by atoms with E-state index in [1.54, 1.807) is 0 Å². The van der Waals surface area contributed by atoms with Crippen LogP contribution >= 0.6 is 0 Å². The van der Waals surface area contributed by atoms with Crippen LogP contribution in [-0.2, 0) is 34.7 Å². The van der Waals surface area contributed by atoms with Gasteiger partial charge < -0.3 is 1.43 Å². The standard InChI is InChI=1S/Li.O2Si.2O.Ti.H/c;1-3-2;;;;/q+1;;;;;-1. The van der Waals surface area contributed by atoms with E-state index in [4.69, 9.17) is 15.6 Å². The molecule has 0 saturated heterocycles. The van der Waals surface area contributed by atoms with Crippen LogP contribution < -0.4 is 18.9 Å². The average Bonchev–Trinajstić information content (AvgIpc) is 1.39. The monoisotopic (exact) mass is 148 g/mol. The van der Waals surface area contributed by atoms with Crippen LogP contribution in [0.3, 0.4) is 0 Å². The Balaban J connectivity index is -0.0000000160. The summed E-state index contributed by atoms with van der Waals surface area (Å²) in [5, 5.41) is 0. The van der Waals surface area contributed by atoms with Gasteiger partial charge in [0.1, 0.15) is 0 Å². The minimum absolute atomic E-state index is 0. The normalized spacial score (nSPS) is 2.29. The first-order valence-corrected chi connectivity index (χ1v) is 2.91. The van der Waals surface area contributed by atoms with Gasteiger partial charge in [0.05, 0.1) is 0 Å². The van der Waals surface area contributed by atoms with E-state index in [-0.39, 0.29) is 20.3 Å². The zero-order valence-electron chi connectivity index (χ0n) is 4.63. The first-order chi connectivity index (χ1) is 2.83. The number of rotatable bonds is 0. The predicted molar refractivity (Wildman–Crippen MR) is 9.61 cm³/mol. The van der Waals surface area contributed by atoms with Crippen molar-refractivity contribution >= 4 is 9.29 Å². The molecule has 0 radical (unpaired) electrons. The molecule has 0 fully saturated rings. The van der Waals surface area contributed by atoms with E-state index in [0.717, 1.165) is 0 Å². The fourth-order valence-electron chi connectivity index (χ4n) is 0. The molecule has 0 aliphatic carbocycles. The molecule has 0 unspecified atom stereocenters. The zero-order chi connectivity index (χ0) is 5.41. The van der Waals surface area contributed by atoms with Crippen molar-refractivity contribution in [3.8, 4) is 0 Å². The van der Waals surface area contributed by atoms with Crippen LogP contribution in [0, 0.1) is 0 Å². The molecule has 0 aromatic carbocycles. The van der Waals surface area contributed by atoms with Gasteiger partial charge in [0.25, 0.3) is 0 Å². The summed E-state index contributed by atoms with van der Waals surface area (Å²) in [5.74, 6) is 0. The van der Waals surface area contributed by atoms with Crippen LogP contribution in [0.5, 0.6) is 0 Å². The third-order valence-electron chi connectivity index (χ3n) is 0. The fraction of sp³-hybridized carbons (Fsp3) is 0. The van der Waals surface area contributed by atoms with Gasteiger partial charge in [-0.3, -0.25) is 8.92 Å². The summed E-state index contributed by atoms with van der Waals surface area (Å²) in [4.78, 5) is 0. The molecule has 0 heterocycles. The van der Waals surface area contributed by atoms with Crippen LogP contribution in [0.1, 0.15) is 1.43 Å². The molecule has 0 aliphatic rings. The molecule has 0 atom stereocenters. The molecule has 0 spiro atoms. The molecular weight excluding hydrogens is 147 g/mol. The van der Waals surface area contributed by atoms with E-state index < -0.39 is 28.4 Å². The van der Waals surface area contributed by atoms with Gasteiger partial charge >= 0.3 is 53.9 Å². The van der Waals surface area contributed by atoms with Crippen molar-refractivity contribution in [2.75, 3.05) is 0 Å². The van der Waals surface area contributed by atoms with Crippen LogP contribution in [0.4, 0.5) is 0 Å². The Morgan fingerprint density at radius 2 is 1.29 bits per heavy atom. The molecule has 0 rings (SSSR count). The molecule has 4 nitrogen and oxygen atoms in total. The summed E-state index contributed by atoms with van der Waals surface area (Å²) < 4.78 is 33.8. The average molecular weight is 148 g/mol. The Kier molecular flexibility index (Phi) is 66.3. The fourth-order valence-corrected chi connectivity index (χ4v) is 0. The van der Waals surface area contributed by atoms with Crippen molar-refractivity contribution in [2.24, 2.45) is 0 Å². The first kappa shape index (κ1) is 15.6. The Morgan fingerprint density at radius 1 is 1.29 bits per heavy atom. The molecule has 7 heavy (non-hydrogen) atoms. The van der Waals surface area contributed by atoms with Crippen molar-refractivity contribution in [2.45, 2.75) is 0 Å². The second-order valence-corrected chi connectivity index (χ2v) is 0.594. The van der Waals surface area contributed by atoms with E-state index in [9.17, 15) is 0 Å². The van der Waals surface area contributed by atoms with Crippen molar-refractivity contribution in [3.63, 3.8) is 0 Å². The van der Waals surface area contributed by atoms with E-state index >= 15 is 0 Å². The molecule has 0 bridgehead atoms. The van der Waals surface area contributed by atoms with Gasteiger partial charge in [-0.15, -0.1) is 0 Å². The molecule has 0 amide bonds. The Hall–Kier alpha value is 0.729. The van der Waals surface area contributed by atoms with Gasteiger partial charge in [0, 0.05) is 0 Å². The summed E-state index contributed by atoms with van der Waals surface area (Å²) in [6.45, 7) is 0. The molecule has 0 aromatic heterocycles. The third kappa shape index (κ3) is 283. The minimum atomic E-state index is -2.00. The van der Waals surface area contributed by atoms with Gasteiger partial charge in [-0.05, 0) is 0 Å². The number of hydrogen-bond acceptors (Lipinski definition) is 4. The summed E-state index contributed by atoms with van der Waals surface area (Å²) in [7, 11) is -1.42. The van der Waals surface area contributed by atoms with Crippen LogP contribution in [0.2, 0.25) is 0 Å². The van der Waals surface area contributed by atoms with E-state index in [1.807, 2.05) is 0 Å². The van der Waals surface area contributed by atoms with Gasteiger partial charge in [-0.25, -0.2) is 0 Å². The molecule has 0 aromatic rings. The molecule has 7 heteroatoms. The van der Waals surface area contributed by atoms with Crippen LogP contribution in [0.15, 0.2) is 0 Å². The number of hydrogen-bond donors (Lipinski definition) is 0.